The van der Waals surface area contributed by atoms with Gasteiger partial charge < -0.3 is 5.11 Å². The Morgan fingerprint density at radius 3 is 2.21 bits per heavy atom. The number of aliphatic hydroxyl groups is 1. The molecule has 1 atom stereocenters. The van der Waals surface area contributed by atoms with E-state index >= 15 is 0 Å². The Kier molecular flexibility index (Phi) is 2.54. The number of aryl methyl sites for hydroxylation is 1. The fourth-order valence-electron chi connectivity index (χ4n) is 5.59. The Bertz CT molecular complexity index is 461. The largest absolute Gasteiger partial charge is 0.388 e. The second-order valence-corrected chi connectivity index (χ2v) is 7.48. The van der Waals surface area contributed by atoms with E-state index in [9.17, 15) is 5.11 Å². The fourth-order valence-corrected chi connectivity index (χ4v) is 5.59. The van der Waals surface area contributed by atoms with Crippen LogP contribution in [-0.4, -0.2) is 10.1 Å². The van der Waals surface area contributed by atoms with Crippen molar-refractivity contribution in [2.24, 2.45) is 23.2 Å². The van der Waals surface area contributed by atoms with Gasteiger partial charge in [-0.25, -0.2) is 0 Å². The van der Waals surface area contributed by atoms with E-state index in [0.29, 0.717) is 0 Å². The van der Waals surface area contributed by atoms with Crippen LogP contribution in [0.15, 0.2) is 18.5 Å². The molecule has 4 aliphatic carbocycles. The third-order valence-corrected chi connectivity index (χ3v) is 5.88. The number of rotatable bonds is 2. The van der Waals surface area contributed by atoms with Crippen molar-refractivity contribution >= 4 is 0 Å². The summed E-state index contributed by atoms with van der Waals surface area (Å²) < 4.78 is 0. The molecular formula is C17H23NO. The Balaban J connectivity index is 1.68. The maximum Gasteiger partial charge on any atom is 0.0861 e. The van der Waals surface area contributed by atoms with Crippen molar-refractivity contribution in [3.63, 3.8) is 0 Å². The zero-order valence-corrected chi connectivity index (χ0v) is 11.7. The summed E-state index contributed by atoms with van der Waals surface area (Å²) in [6.07, 6.45) is 11.5. The molecule has 4 fully saturated rings. The van der Waals surface area contributed by atoms with Crippen molar-refractivity contribution in [3.8, 4) is 0 Å². The highest BCUT2D eigenvalue weighted by Gasteiger charge is 2.54. The average molecular weight is 257 g/mol. The molecule has 1 heterocycles. The zero-order valence-electron chi connectivity index (χ0n) is 11.7. The lowest BCUT2D eigenvalue weighted by molar-refractivity contribution is -0.122. The zero-order chi connectivity index (χ0) is 13.0. The minimum absolute atomic E-state index is 0.171. The number of nitrogens with zero attached hydrogens (tertiary/aromatic N) is 1. The Hall–Kier alpha value is -0.890. The predicted octanol–water partition coefficient (Wildman–Crippen LogP) is 3.64. The third kappa shape index (κ3) is 1.84. The monoisotopic (exact) mass is 257 g/mol. The van der Waals surface area contributed by atoms with Gasteiger partial charge >= 0.3 is 0 Å². The van der Waals surface area contributed by atoms with Crippen LogP contribution in [0, 0.1) is 30.1 Å². The molecule has 0 amide bonds. The molecule has 5 rings (SSSR count). The SMILES string of the molecule is Cc1cncc(C(O)C23CC4CC(CC(C4)C2)C3)c1. The molecule has 4 aliphatic rings. The first-order chi connectivity index (χ1) is 9.14. The standard InChI is InChI=1S/C17H23NO/c1-11-2-15(10-18-9-11)16(19)17-6-12-3-13(7-17)5-14(4-12)8-17/h2,9-10,12-14,16,19H,3-8H2,1H3. The fraction of sp³-hybridized carbons (Fsp3) is 0.706. The molecule has 0 radical (unpaired) electrons. The highest BCUT2D eigenvalue weighted by Crippen LogP contribution is 2.63. The van der Waals surface area contributed by atoms with Gasteiger partial charge in [0.1, 0.15) is 0 Å². The van der Waals surface area contributed by atoms with Crippen LogP contribution in [0.3, 0.4) is 0 Å². The van der Waals surface area contributed by atoms with E-state index in [-0.39, 0.29) is 11.5 Å². The van der Waals surface area contributed by atoms with Gasteiger partial charge in [-0.15, -0.1) is 0 Å². The van der Waals surface area contributed by atoms with Crippen molar-refractivity contribution in [1.82, 2.24) is 4.98 Å². The summed E-state index contributed by atoms with van der Waals surface area (Å²) in [6.45, 7) is 2.06. The molecule has 4 saturated carbocycles. The van der Waals surface area contributed by atoms with Gasteiger partial charge in [0.25, 0.3) is 0 Å². The number of hydrogen-bond acceptors (Lipinski definition) is 2. The quantitative estimate of drug-likeness (QED) is 0.877. The summed E-state index contributed by atoms with van der Waals surface area (Å²) in [6, 6.07) is 2.12. The lowest BCUT2D eigenvalue weighted by atomic mass is 9.48. The molecule has 1 N–H and O–H groups in total. The minimum Gasteiger partial charge on any atom is -0.388 e. The van der Waals surface area contributed by atoms with E-state index in [2.05, 4.69) is 18.0 Å². The second-order valence-electron chi connectivity index (χ2n) is 7.48. The molecule has 19 heavy (non-hydrogen) atoms. The van der Waals surface area contributed by atoms with Crippen LogP contribution in [0.5, 0.6) is 0 Å². The molecule has 0 saturated heterocycles. The van der Waals surface area contributed by atoms with Gasteiger partial charge in [0, 0.05) is 17.8 Å². The maximum absolute atomic E-state index is 11.0. The smallest absolute Gasteiger partial charge is 0.0861 e. The first-order valence-electron chi connectivity index (χ1n) is 7.74. The molecule has 0 spiro atoms. The van der Waals surface area contributed by atoms with Gasteiger partial charge in [0.15, 0.2) is 0 Å². The second kappa shape index (κ2) is 4.05. The van der Waals surface area contributed by atoms with Crippen molar-refractivity contribution in [2.45, 2.75) is 51.6 Å². The van der Waals surface area contributed by atoms with Crippen molar-refractivity contribution in [2.75, 3.05) is 0 Å². The summed E-state index contributed by atoms with van der Waals surface area (Å²) in [5, 5.41) is 11.0. The summed E-state index contributed by atoms with van der Waals surface area (Å²) in [5.41, 5.74) is 2.37. The molecule has 1 aromatic heterocycles. The van der Waals surface area contributed by atoms with Gasteiger partial charge in [-0.3, -0.25) is 4.98 Å². The van der Waals surface area contributed by atoms with E-state index in [0.717, 1.165) is 28.9 Å². The van der Waals surface area contributed by atoms with Crippen LogP contribution in [-0.2, 0) is 0 Å². The van der Waals surface area contributed by atoms with E-state index in [1.807, 2.05) is 12.4 Å². The molecule has 1 aromatic rings. The normalized spacial score (nSPS) is 41.5. The van der Waals surface area contributed by atoms with E-state index in [4.69, 9.17) is 0 Å². The molecule has 0 aromatic carbocycles. The lowest BCUT2D eigenvalue weighted by Gasteiger charge is -2.58. The van der Waals surface area contributed by atoms with E-state index in [1.54, 1.807) is 0 Å². The Morgan fingerprint density at radius 2 is 1.68 bits per heavy atom. The number of pyridine rings is 1. The average Bonchev–Trinajstić information content (AvgIpc) is 2.36. The summed E-state index contributed by atoms with van der Waals surface area (Å²) in [4.78, 5) is 4.27. The number of aromatic nitrogens is 1. The van der Waals surface area contributed by atoms with Crippen molar-refractivity contribution in [3.05, 3.63) is 29.6 Å². The van der Waals surface area contributed by atoms with Crippen LogP contribution in [0.25, 0.3) is 0 Å². The maximum atomic E-state index is 11.0. The first kappa shape index (κ1) is 11.9. The molecule has 2 nitrogen and oxygen atoms in total. The summed E-state index contributed by atoms with van der Waals surface area (Å²) in [7, 11) is 0. The van der Waals surface area contributed by atoms with Crippen LogP contribution < -0.4 is 0 Å². The number of hydrogen-bond donors (Lipinski definition) is 1. The van der Waals surface area contributed by atoms with Crippen molar-refractivity contribution < 1.29 is 5.11 Å². The lowest BCUT2D eigenvalue weighted by Crippen LogP contribution is -2.48. The van der Waals surface area contributed by atoms with Gasteiger partial charge in [0.05, 0.1) is 6.10 Å². The van der Waals surface area contributed by atoms with Gasteiger partial charge in [-0.2, -0.15) is 0 Å². The highest BCUT2D eigenvalue weighted by molar-refractivity contribution is 5.22. The molecule has 1 unspecified atom stereocenters. The van der Waals surface area contributed by atoms with Gasteiger partial charge in [-0.1, -0.05) is 6.07 Å². The first-order valence-corrected chi connectivity index (χ1v) is 7.74. The third-order valence-electron chi connectivity index (χ3n) is 5.88. The molecule has 0 aliphatic heterocycles. The topological polar surface area (TPSA) is 33.1 Å². The Labute approximate surface area is 115 Å². The predicted molar refractivity (Wildman–Crippen MR) is 74.5 cm³/mol. The summed E-state index contributed by atoms with van der Waals surface area (Å²) >= 11 is 0. The number of aliphatic hydroxyl groups excluding tert-OH is 1. The van der Waals surface area contributed by atoms with Crippen LogP contribution in [0.2, 0.25) is 0 Å². The van der Waals surface area contributed by atoms with Gasteiger partial charge in [0.2, 0.25) is 0 Å². The van der Waals surface area contributed by atoms with Crippen LogP contribution in [0.1, 0.15) is 55.8 Å². The minimum atomic E-state index is -0.298. The molecule has 4 bridgehead atoms. The highest BCUT2D eigenvalue weighted by atomic mass is 16.3. The van der Waals surface area contributed by atoms with Crippen LogP contribution in [0.4, 0.5) is 0 Å². The summed E-state index contributed by atoms with van der Waals surface area (Å²) in [5.74, 6) is 2.66. The van der Waals surface area contributed by atoms with E-state index < -0.39 is 0 Å². The molecule has 2 heteroatoms. The molecular weight excluding hydrogens is 234 g/mol. The van der Waals surface area contributed by atoms with E-state index in [1.165, 1.54) is 38.5 Å². The molecule has 102 valence electrons. The van der Waals surface area contributed by atoms with Crippen molar-refractivity contribution in [1.29, 1.82) is 0 Å². The van der Waals surface area contributed by atoms with Gasteiger partial charge in [-0.05, 0) is 74.3 Å². The Morgan fingerprint density at radius 1 is 1.11 bits per heavy atom. The van der Waals surface area contributed by atoms with Crippen LogP contribution >= 0.6 is 0 Å².